The van der Waals surface area contributed by atoms with E-state index in [1.165, 1.54) is 37.1 Å². The van der Waals surface area contributed by atoms with Crippen LogP contribution in [-0.4, -0.2) is 46.2 Å². The molecule has 0 radical (unpaired) electrons. The summed E-state index contributed by atoms with van der Waals surface area (Å²) in [5, 5.41) is 2.66. The molecule has 1 amide bonds. The van der Waals surface area contributed by atoms with Gasteiger partial charge in [-0.25, -0.2) is 13.2 Å². The highest BCUT2D eigenvalue weighted by molar-refractivity contribution is 7.90. The topological polar surface area (TPSA) is 92.8 Å². The molecule has 0 spiro atoms. The van der Waals surface area contributed by atoms with E-state index in [-0.39, 0.29) is 10.5 Å². The molecular weight excluding hydrogens is 380 g/mol. The maximum atomic E-state index is 12.2. The number of rotatable bonds is 6. The third kappa shape index (κ3) is 4.89. The van der Waals surface area contributed by atoms with Crippen molar-refractivity contribution in [2.45, 2.75) is 17.7 Å². The van der Waals surface area contributed by atoms with E-state index in [4.69, 9.17) is 4.74 Å². The van der Waals surface area contributed by atoms with Crippen LogP contribution in [0, 0.1) is 0 Å². The second-order valence-corrected chi connectivity index (χ2v) is 8.62. The van der Waals surface area contributed by atoms with Gasteiger partial charge >= 0.3 is 5.97 Å². The molecule has 3 rings (SSSR count). The first kappa shape index (κ1) is 19.9. The number of amides is 1. The van der Waals surface area contributed by atoms with Crippen molar-refractivity contribution in [2.75, 3.05) is 36.2 Å². The largest absolute Gasteiger partial charge is 0.452 e. The first-order valence-corrected chi connectivity index (χ1v) is 10.8. The predicted octanol–water partition coefficient (Wildman–Crippen LogP) is 2.49. The zero-order chi connectivity index (χ0) is 20.1. The van der Waals surface area contributed by atoms with Gasteiger partial charge in [0.25, 0.3) is 5.91 Å². The van der Waals surface area contributed by atoms with Crippen LogP contribution in [0.2, 0.25) is 0 Å². The van der Waals surface area contributed by atoms with Gasteiger partial charge in [-0.1, -0.05) is 12.1 Å². The zero-order valence-corrected chi connectivity index (χ0v) is 16.4. The number of nitrogens with zero attached hydrogens (tertiary/aromatic N) is 1. The predicted molar refractivity (Wildman–Crippen MR) is 106 cm³/mol. The Balaban J connectivity index is 1.56. The minimum atomic E-state index is -3.58. The van der Waals surface area contributed by atoms with Crippen LogP contribution in [0.4, 0.5) is 11.4 Å². The van der Waals surface area contributed by atoms with Crippen molar-refractivity contribution in [3.8, 4) is 0 Å². The summed E-state index contributed by atoms with van der Waals surface area (Å²) in [6, 6.07) is 13.2. The smallest absolute Gasteiger partial charge is 0.339 e. The number of carbonyl (C=O) groups is 2. The maximum absolute atomic E-state index is 12.2. The van der Waals surface area contributed by atoms with Gasteiger partial charge in [0.15, 0.2) is 16.4 Å². The van der Waals surface area contributed by atoms with E-state index in [9.17, 15) is 18.0 Å². The molecule has 28 heavy (non-hydrogen) atoms. The number of nitrogens with one attached hydrogen (secondary N) is 1. The average molecular weight is 402 g/mol. The number of esters is 1. The molecule has 0 saturated carbocycles. The number of carbonyl (C=O) groups excluding carboxylic acids is 2. The van der Waals surface area contributed by atoms with Crippen LogP contribution >= 0.6 is 0 Å². The highest BCUT2D eigenvalue weighted by Gasteiger charge is 2.20. The molecule has 2 aromatic carbocycles. The van der Waals surface area contributed by atoms with Gasteiger partial charge in [-0.2, -0.15) is 0 Å². The normalized spacial score (nSPS) is 14.0. The molecule has 7 nitrogen and oxygen atoms in total. The lowest BCUT2D eigenvalue weighted by atomic mass is 10.2. The summed E-state index contributed by atoms with van der Waals surface area (Å²) in [6.07, 6.45) is 3.39. The summed E-state index contributed by atoms with van der Waals surface area (Å²) in [7, 11) is -3.58. The van der Waals surface area contributed by atoms with Gasteiger partial charge in [0.05, 0.1) is 10.5 Å². The molecule has 0 aromatic heterocycles. The highest BCUT2D eigenvalue weighted by atomic mass is 32.2. The van der Waals surface area contributed by atoms with Crippen molar-refractivity contribution in [1.29, 1.82) is 0 Å². The van der Waals surface area contributed by atoms with Crippen LogP contribution in [0.5, 0.6) is 0 Å². The molecule has 1 aliphatic rings. The maximum Gasteiger partial charge on any atom is 0.339 e. The fraction of sp³-hybridized carbons (Fsp3) is 0.300. The van der Waals surface area contributed by atoms with Crippen LogP contribution < -0.4 is 10.2 Å². The molecule has 0 aliphatic carbocycles. The van der Waals surface area contributed by atoms with Gasteiger partial charge in [0.1, 0.15) is 0 Å². The van der Waals surface area contributed by atoms with Gasteiger partial charge in [0.2, 0.25) is 0 Å². The Morgan fingerprint density at radius 3 is 2.32 bits per heavy atom. The molecule has 0 bridgehead atoms. The summed E-state index contributed by atoms with van der Waals surface area (Å²) in [4.78, 5) is 26.4. The van der Waals surface area contributed by atoms with E-state index in [1.54, 1.807) is 12.1 Å². The summed E-state index contributed by atoms with van der Waals surface area (Å²) in [5.74, 6) is -1.36. The van der Waals surface area contributed by atoms with E-state index >= 15 is 0 Å². The van der Waals surface area contributed by atoms with Gasteiger partial charge in [0, 0.05) is 30.7 Å². The van der Waals surface area contributed by atoms with Crippen LogP contribution in [0.15, 0.2) is 53.4 Å². The van der Waals surface area contributed by atoms with Crippen LogP contribution in [0.3, 0.4) is 0 Å². The second-order valence-electron chi connectivity index (χ2n) is 6.63. The SMILES string of the molecule is CS(=O)(=O)c1ccccc1C(=O)OCC(=O)Nc1ccc(N2CCCC2)cc1. The molecule has 1 N–H and O–H groups in total. The molecule has 2 aromatic rings. The molecule has 8 heteroatoms. The molecule has 0 unspecified atom stereocenters. The Hall–Kier alpha value is -2.87. The van der Waals surface area contributed by atoms with Crippen molar-refractivity contribution < 1.29 is 22.7 Å². The first-order chi connectivity index (χ1) is 13.3. The highest BCUT2D eigenvalue weighted by Crippen LogP contribution is 2.22. The Morgan fingerprint density at radius 1 is 1.04 bits per heavy atom. The third-order valence-electron chi connectivity index (χ3n) is 4.46. The van der Waals surface area contributed by atoms with Gasteiger partial charge in [-0.15, -0.1) is 0 Å². The van der Waals surface area contributed by atoms with E-state index in [0.717, 1.165) is 25.0 Å². The van der Waals surface area contributed by atoms with Gasteiger partial charge < -0.3 is 15.0 Å². The van der Waals surface area contributed by atoms with Crippen LogP contribution in [-0.2, 0) is 19.4 Å². The lowest BCUT2D eigenvalue weighted by Gasteiger charge is -2.17. The molecule has 0 atom stereocenters. The first-order valence-electron chi connectivity index (χ1n) is 8.96. The summed E-state index contributed by atoms with van der Waals surface area (Å²) >= 11 is 0. The molecule has 1 aliphatic heterocycles. The van der Waals surface area contributed by atoms with Crippen LogP contribution in [0.25, 0.3) is 0 Å². The summed E-state index contributed by atoms with van der Waals surface area (Å²) in [6.45, 7) is 1.57. The minimum Gasteiger partial charge on any atom is -0.452 e. The van der Waals surface area contributed by atoms with Crippen LogP contribution in [0.1, 0.15) is 23.2 Å². The van der Waals surface area contributed by atoms with E-state index in [1.807, 2.05) is 12.1 Å². The Bertz CT molecular complexity index is 964. The third-order valence-corrected chi connectivity index (χ3v) is 5.62. The zero-order valence-electron chi connectivity index (χ0n) is 15.6. The van der Waals surface area contributed by atoms with Crippen molar-refractivity contribution in [3.05, 3.63) is 54.1 Å². The molecular formula is C20H22N2O5S. The molecule has 1 saturated heterocycles. The lowest BCUT2D eigenvalue weighted by Crippen LogP contribution is -2.22. The van der Waals surface area contributed by atoms with Crippen molar-refractivity contribution in [3.63, 3.8) is 0 Å². The van der Waals surface area contributed by atoms with Crippen molar-refractivity contribution in [2.24, 2.45) is 0 Å². The fourth-order valence-corrected chi connectivity index (χ4v) is 3.97. The van der Waals surface area contributed by atoms with Crippen molar-refractivity contribution in [1.82, 2.24) is 0 Å². The monoisotopic (exact) mass is 402 g/mol. The Labute approximate surface area is 164 Å². The van der Waals surface area contributed by atoms with Crippen molar-refractivity contribution >= 4 is 33.1 Å². The van der Waals surface area contributed by atoms with E-state index in [2.05, 4.69) is 10.2 Å². The number of sulfone groups is 1. The minimum absolute atomic E-state index is 0.0900. The van der Waals surface area contributed by atoms with E-state index < -0.39 is 28.3 Å². The Morgan fingerprint density at radius 2 is 1.68 bits per heavy atom. The average Bonchev–Trinajstić information content (AvgIpc) is 3.21. The Kier molecular flexibility index (Phi) is 5.99. The quantitative estimate of drug-likeness (QED) is 0.747. The lowest BCUT2D eigenvalue weighted by molar-refractivity contribution is -0.119. The number of benzene rings is 2. The number of ether oxygens (including phenoxy) is 1. The van der Waals surface area contributed by atoms with E-state index in [0.29, 0.717) is 5.69 Å². The van der Waals surface area contributed by atoms with Gasteiger partial charge in [-0.05, 0) is 49.2 Å². The molecule has 1 heterocycles. The molecule has 1 fully saturated rings. The van der Waals surface area contributed by atoms with Gasteiger partial charge in [-0.3, -0.25) is 4.79 Å². The fourth-order valence-electron chi connectivity index (χ4n) is 3.10. The number of anilines is 2. The summed E-state index contributed by atoms with van der Waals surface area (Å²) < 4.78 is 28.5. The number of hydrogen-bond acceptors (Lipinski definition) is 6. The molecule has 148 valence electrons. The second kappa shape index (κ2) is 8.43. The summed E-state index contributed by atoms with van der Waals surface area (Å²) in [5.41, 5.74) is 1.62. The number of hydrogen-bond donors (Lipinski definition) is 1. The standard InChI is InChI=1S/C20H22N2O5S/c1-28(25,26)18-7-3-2-6-17(18)20(24)27-14-19(23)21-15-8-10-16(11-9-15)22-12-4-5-13-22/h2-3,6-11H,4-5,12-14H2,1H3,(H,21,23).